The lowest BCUT2D eigenvalue weighted by molar-refractivity contribution is -0.140. The standard InChI is InChI=1S/C7H10O2.C5H6O4/c1-5(2)7(8)9-6-3-4-6;1-9-5(8)3-2-4(6)7/h6H,1,3-4H2,2H3;2-3H,1H3,(H,6,7)/b;3-2-. The molecule has 1 aliphatic rings. The number of carbonyl (C=O) groups excluding carboxylic acids is 2. The van der Waals surface area contributed by atoms with E-state index in [1.807, 2.05) is 0 Å². The van der Waals surface area contributed by atoms with E-state index in [4.69, 9.17) is 9.84 Å². The lowest BCUT2D eigenvalue weighted by atomic mass is 10.4. The number of hydrogen-bond acceptors (Lipinski definition) is 5. The third kappa shape index (κ3) is 9.14. The molecule has 0 amide bonds. The molecule has 1 saturated carbocycles. The van der Waals surface area contributed by atoms with Gasteiger partial charge in [-0.05, 0) is 19.8 Å². The third-order valence-electron chi connectivity index (χ3n) is 1.71. The highest BCUT2D eigenvalue weighted by Crippen LogP contribution is 2.24. The topological polar surface area (TPSA) is 89.9 Å². The Hall–Kier alpha value is -2.11. The van der Waals surface area contributed by atoms with Crippen molar-refractivity contribution in [1.29, 1.82) is 0 Å². The Balaban J connectivity index is 0.000000321. The van der Waals surface area contributed by atoms with Crippen LogP contribution in [0.25, 0.3) is 0 Å². The zero-order valence-electron chi connectivity index (χ0n) is 10.3. The zero-order chi connectivity index (χ0) is 14.1. The van der Waals surface area contributed by atoms with Crippen molar-refractivity contribution in [2.24, 2.45) is 0 Å². The van der Waals surface area contributed by atoms with Crippen LogP contribution in [0.3, 0.4) is 0 Å². The van der Waals surface area contributed by atoms with Crippen molar-refractivity contribution < 1.29 is 29.0 Å². The summed E-state index contributed by atoms with van der Waals surface area (Å²) >= 11 is 0. The quantitative estimate of drug-likeness (QED) is 0.597. The highest BCUT2D eigenvalue weighted by atomic mass is 16.5. The first kappa shape index (κ1) is 15.9. The summed E-state index contributed by atoms with van der Waals surface area (Å²) in [5.74, 6) is -2.09. The molecule has 0 atom stereocenters. The Labute approximate surface area is 105 Å². The van der Waals surface area contributed by atoms with E-state index in [1.54, 1.807) is 6.92 Å². The van der Waals surface area contributed by atoms with E-state index in [0.717, 1.165) is 18.9 Å². The summed E-state index contributed by atoms with van der Waals surface area (Å²) in [5.41, 5.74) is 0.488. The van der Waals surface area contributed by atoms with Gasteiger partial charge in [0.05, 0.1) is 7.11 Å². The second-order valence-corrected chi connectivity index (χ2v) is 3.58. The number of rotatable bonds is 4. The van der Waals surface area contributed by atoms with Crippen molar-refractivity contribution in [3.63, 3.8) is 0 Å². The summed E-state index contributed by atoms with van der Waals surface area (Å²) in [6.07, 6.45) is 3.81. The number of carbonyl (C=O) groups is 3. The molecule has 1 aliphatic carbocycles. The first-order valence-electron chi connectivity index (χ1n) is 5.22. The van der Waals surface area contributed by atoms with Gasteiger partial charge in [-0.3, -0.25) is 0 Å². The predicted molar refractivity (Wildman–Crippen MR) is 62.7 cm³/mol. The molecule has 6 heteroatoms. The van der Waals surface area contributed by atoms with E-state index >= 15 is 0 Å². The Morgan fingerprint density at radius 2 is 1.83 bits per heavy atom. The molecule has 0 radical (unpaired) electrons. The van der Waals surface area contributed by atoms with E-state index in [-0.39, 0.29) is 12.1 Å². The highest BCUT2D eigenvalue weighted by Gasteiger charge is 2.25. The summed E-state index contributed by atoms with van der Waals surface area (Å²) in [6, 6.07) is 0. The minimum atomic E-state index is -1.17. The number of hydrogen-bond donors (Lipinski definition) is 1. The minimum Gasteiger partial charge on any atom is -0.478 e. The van der Waals surface area contributed by atoms with Gasteiger partial charge in [0.25, 0.3) is 0 Å². The summed E-state index contributed by atoms with van der Waals surface area (Å²) in [7, 11) is 1.18. The molecule has 18 heavy (non-hydrogen) atoms. The molecular weight excluding hydrogens is 240 g/mol. The van der Waals surface area contributed by atoms with E-state index < -0.39 is 11.9 Å². The Morgan fingerprint density at radius 3 is 2.17 bits per heavy atom. The van der Waals surface area contributed by atoms with Crippen molar-refractivity contribution in [3.8, 4) is 0 Å². The summed E-state index contributed by atoms with van der Waals surface area (Å²) in [5, 5.41) is 7.96. The molecule has 0 unspecified atom stereocenters. The maximum absolute atomic E-state index is 10.7. The van der Waals surface area contributed by atoms with Crippen LogP contribution in [-0.2, 0) is 23.9 Å². The monoisotopic (exact) mass is 256 g/mol. The van der Waals surface area contributed by atoms with Gasteiger partial charge in [-0.1, -0.05) is 6.58 Å². The molecule has 0 aromatic heterocycles. The van der Waals surface area contributed by atoms with Gasteiger partial charge in [0.1, 0.15) is 6.10 Å². The Bertz CT molecular complexity index is 365. The fourth-order valence-electron chi connectivity index (χ4n) is 0.645. The smallest absolute Gasteiger partial charge is 0.333 e. The summed E-state index contributed by atoms with van der Waals surface area (Å²) in [4.78, 5) is 30.5. The maximum Gasteiger partial charge on any atom is 0.333 e. The molecule has 1 rings (SSSR count). The van der Waals surface area contributed by atoms with Crippen LogP contribution in [0.1, 0.15) is 19.8 Å². The largest absolute Gasteiger partial charge is 0.478 e. The Morgan fingerprint density at radius 1 is 1.28 bits per heavy atom. The molecule has 0 aromatic rings. The maximum atomic E-state index is 10.7. The van der Waals surface area contributed by atoms with Gasteiger partial charge in [-0.25, -0.2) is 14.4 Å². The van der Waals surface area contributed by atoms with Crippen LogP contribution in [0.5, 0.6) is 0 Å². The Kier molecular flexibility index (Phi) is 7.11. The molecule has 1 fully saturated rings. The van der Waals surface area contributed by atoms with Crippen LogP contribution in [-0.4, -0.2) is 36.2 Å². The van der Waals surface area contributed by atoms with Crippen molar-refractivity contribution in [2.75, 3.05) is 7.11 Å². The summed E-state index contributed by atoms with van der Waals surface area (Å²) < 4.78 is 9.00. The molecular formula is C12H16O6. The van der Waals surface area contributed by atoms with Crippen LogP contribution < -0.4 is 0 Å². The van der Waals surface area contributed by atoms with Gasteiger partial charge in [0.2, 0.25) is 0 Å². The number of carboxylic acid groups (broad SMARTS) is 1. The van der Waals surface area contributed by atoms with Crippen molar-refractivity contribution in [1.82, 2.24) is 0 Å². The molecule has 0 saturated heterocycles. The first-order chi connectivity index (χ1) is 8.36. The fraction of sp³-hybridized carbons (Fsp3) is 0.417. The van der Waals surface area contributed by atoms with Gasteiger partial charge in [-0.15, -0.1) is 0 Å². The van der Waals surface area contributed by atoms with E-state index in [1.165, 1.54) is 7.11 Å². The highest BCUT2D eigenvalue weighted by molar-refractivity contribution is 5.90. The second kappa shape index (κ2) is 8.05. The van der Waals surface area contributed by atoms with Crippen LogP contribution >= 0.6 is 0 Å². The predicted octanol–water partition coefficient (Wildman–Crippen LogP) is 1.07. The van der Waals surface area contributed by atoms with E-state index in [9.17, 15) is 14.4 Å². The van der Waals surface area contributed by atoms with E-state index in [0.29, 0.717) is 11.6 Å². The average Bonchev–Trinajstić information content (AvgIpc) is 3.10. The number of carboxylic acids is 1. The van der Waals surface area contributed by atoms with Gasteiger partial charge >= 0.3 is 17.9 Å². The van der Waals surface area contributed by atoms with Gasteiger partial charge in [0.15, 0.2) is 0 Å². The average molecular weight is 256 g/mol. The third-order valence-corrected chi connectivity index (χ3v) is 1.71. The molecule has 1 N–H and O–H groups in total. The summed E-state index contributed by atoms with van der Waals surface area (Å²) in [6.45, 7) is 5.12. The van der Waals surface area contributed by atoms with Crippen LogP contribution in [0.4, 0.5) is 0 Å². The van der Waals surface area contributed by atoms with Crippen LogP contribution in [0.15, 0.2) is 24.3 Å². The van der Waals surface area contributed by atoms with Gasteiger partial charge in [0, 0.05) is 17.7 Å². The van der Waals surface area contributed by atoms with Crippen molar-refractivity contribution >= 4 is 17.9 Å². The molecule has 0 aliphatic heterocycles. The first-order valence-corrected chi connectivity index (χ1v) is 5.22. The molecule has 0 spiro atoms. The SMILES string of the molecule is C=C(C)C(=O)OC1CC1.COC(=O)/C=C\C(=O)O. The minimum absolute atomic E-state index is 0.203. The second-order valence-electron chi connectivity index (χ2n) is 3.58. The lowest BCUT2D eigenvalue weighted by Crippen LogP contribution is -2.05. The van der Waals surface area contributed by atoms with Gasteiger partial charge < -0.3 is 14.6 Å². The zero-order valence-corrected chi connectivity index (χ0v) is 10.3. The van der Waals surface area contributed by atoms with Crippen molar-refractivity contribution in [2.45, 2.75) is 25.9 Å². The fourth-order valence-corrected chi connectivity index (χ4v) is 0.645. The number of methoxy groups -OCH3 is 1. The lowest BCUT2D eigenvalue weighted by Gasteiger charge is -1.98. The molecule has 0 bridgehead atoms. The van der Waals surface area contributed by atoms with Crippen LogP contribution in [0.2, 0.25) is 0 Å². The molecule has 100 valence electrons. The molecule has 6 nitrogen and oxygen atoms in total. The van der Waals surface area contributed by atoms with Gasteiger partial charge in [-0.2, -0.15) is 0 Å². The van der Waals surface area contributed by atoms with E-state index in [2.05, 4.69) is 11.3 Å². The number of ether oxygens (including phenoxy) is 2. The number of aliphatic carboxylic acids is 1. The normalized spacial score (nSPS) is 13.2. The molecule has 0 heterocycles. The van der Waals surface area contributed by atoms with Crippen LogP contribution in [0, 0.1) is 0 Å². The number of esters is 2. The van der Waals surface area contributed by atoms with Crippen molar-refractivity contribution in [3.05, 3.63) is 24.3 Å². The molecule has 0 aromatic carbocycles.